The molecule has 35 heavy (non-hydrogen) atoms. The molecule has 1 N–H and O–H groups in total. The van der Waals surface area contributed by atoms with E-state index < -0.39 is 11.9 Å². The second kappa shape index (κ2) is 14.3. The van der Waals surface area contributed by atoms with Crippen molar-refractivity contribution in [2.24, 2.45) is 21.3 Å². The summed E-state index contributed by atoms with van der Waals surface area (Å²) >= 11 is 0.855. The number of nitrogens with one attached hydrogen (secondary N) is 1. The lowest BCUT2D eigenvalue weighted by molar-refractivity contribution is -0.143. The minimum Gasteiger partial charge on any atom is -0.369 e. The van der Waals surface area contributed by atoms with Gasteiger partial charge in [-0.15, -0.1) is 0 Å². The zero-order valence-electron chi connectivity index (χ0n) is 21.8. The van der Waals surface area contributed by atoms with Crippen molar-refractivity contribution in [3.8, 4) is 0 Å². The van der Waals surface area contributed by atoms with Crippen molar-refractivity contribution in [1.82, 2.24) is 10.3 Å². The number of nitrogens with zero attached hydrogens (tertiary/aromatic N) is 3. The van der Waals surface area contributed by atoms with Crippen molar-refractivity contribution in [3.63, 3.8) is 0 Å². The second-order valence-electron chi connectivity index (χ2n) is 9.25. The van der Waals surface area contributed by atoms with Gasteiger partial charge in [-0.05, 0) is 55.0 Å². The predicted molar refractivity (Wildman–Crippen MR) is 144 cm³/mol. The molecule has 0 aliphatic carbocycles. The van der Waals surface area contributed by atoms with Crippen LogP contribution in [0.1, 0.15) is 72.9 Å². The highest BCUT2D eigenvalue weighted by atomic mass is 32.2. The molecule has 8 heteroatoms. The molecule has 0 atom stereocenters. The molecule has 1 rings (SSSR count). The van der Waals surface area contributed by atoms with Crippen molar-refractivity contribution in [2.45, 2.75) is 78.3 Å². The fourth-order valence-electron chi connectivity index (χ4n) is 3.62. The number of hydrogen-bond donors (Lipinski definition) is 1. The first-order valence-corrected chi connectivity index (χ1v) is 12.7. The molecule has 0 spiro atoms. The molecule has 0 aromatic carbocycles. The Kier molecular flexibility index (Phi) is 12.5. The van der Waals surface area contributed by atoms with Gasteiger partial charge in [-0.1, -0.05) is 78.3 Å². The number of aliphatic imine (C=N–C) groups is 2. The molecule has 1 aromatic heterocycles. The van der Waals surface area contributed by atoms with Gasteiger partial charge in [-0.25, -0.2) is 9.98 Å². The Morgan fingerprint density at radius 1 is 1.11 bits per heavy atom. The number of alkyl halides is 3. The average molecular weight is 509 g/mol. The highest BCUT2D eigenvalue weighted by Gasteiger charge is 2.35. The molecule has 0 unspecified atom stereocenters. The number of aromatic nitrogens is 1. The summed E-state index contributed by atoms with van der Waals surface area (Å²) in [5.41, 5.74) is -0.0886. The Morgan fingerprint density at radius 3 is 2.23 bits per heavy atom. The van der Waals surface area contributed by atoms with Crippen LogP contribution in [-0.2, 0) is 6.18 Å². The minimum atomic E-state index is -4.56. The number of pyridine rings is 1. The second-order valence-corrected chi connectivity index (χ2v) is 10.3. The van der Waals surface area contributed by atoms with Gasteiger partial charge in [-0.2, -0.15) is 13.2 Å². The Bertz CT molecular complexity index is 936. The van der Waals surface area contributed by atoms with Crippen LogP contribution in [0.3, 0.4) is 0 Å². The quantitative estimate of drug-likeness (QED) is 0.175. The first-order chi connectivity index (χ1) is 16.4. The van der Waals surface area contributed by atoms with Crippen LogP contribution in [0.25, 0.3) is 0 Å². The van der Waals surface area contributed by atoms with Gasteiger partial charge in [-0.3, -0.25) is 4.98 Å². The van der Waals surface area contributed by atoms with Gasteiger partial charge >= 0.3 is 6.18 Å². The molecule has 0 bridgehead atoms. The van der Waals surface area contributed by atoms with Crippen LogP contribution in [0.5, 0.6) is 0 Å². The minimum absolute atomic E-state index is 0.0440. The molecule has 0 fully saturated rings. The van der Waals surface area contributed by atoms with E-state index in [-0.39, 0.29) is 15.4 Å². The summed E-state index contributed by atoms with van der Waals surface area (Å²) < 4.78 is 40.1. The van der Waals surface area contributed by atoms with Crippen molar-refractivity contribution in [2.75, 3.05) is 6.54 Å². The van der Waals surface area contributed by atoms with E-state index >= 15 is 0 Å². The van der Waals surface area contributed by atoms with E-state index in [2.05, 4.69) is 61.1 Å². The number of hydrogen-bond acceptors (Lipinski definition) is 4. The molecule has 194 valence electrons. The van der Waals surface area contributed by atoms with E-state index in [4.69, 9.17) is 0 Å². The molecule has 0 aliphatic heterocycles. The van der Waals surface area contributed by atoms with E-state index in [1.54, 1.807) is 6.08 Å². The summed E-state index contributed by atoms with van der Waals surface area (Å²) in [6.45, 7) is 21.0. The highest BCUT2D eigenvalue weighted by Crippen LogP contribution is 2.36. The van der Waals surface area contributed by atoms with Gasteiger partial charge in [0.25, 0.3) is 0 Å². The molecule has 0 amide bonds. The number of thioether (sulfide) groups is 1. The maximum Gasteiger partial charge on any atom is 0.434 e. The Balaban J connectivity index is 3.19. The van der Waals surface area contributed by atoms with Crippen molar-refractivity contribution >= 4 is 22.6 Å². The number of amidine groups is 1. The van der Waals surface area contributed by atoms with Crippen molar-refractivity contribution in [1.29, 1.82) is 0 Å². The van der Waals surface area contributed by atoms with Gasteiger partial charge in [0.1, 0.15) is 10.9 Å². The topological polar surface area (TPSA) is 49.6 Å². The zero-order valence-corrected chi connectivity index (χ0v) is 22.6. The number of halogens is 3. The lowest BCUT2D eigenvalue weighted by Crippen LogP contribution is -2.38. The summed E-state index contributed by atoms with van der Waals surface area (Å²) in [7, 11) is 0. The smallest absolute Gasteiger partial charge is 0.369 e. The molecule has 1 aromatic rings. The zero-order chi connectivity index (χ0) is 26.6. The van der Waals surface area contributed by atoms with Crippen molar-refractivity contribution in [3.05, 3.63) is 60.7 Å². The van der Waals surface area contributed by atoms with Gasteiger partial charge < -0.3 is 5.32 Å². The summed E-state index contributed by atoms with van der Waals surface area (Å²) in [6.07, 6.45) is 4.23. The van der Waals surface area contributed by atoms with Crippen LogP contribution in [0, 0.1) is 11.3 Å². The van der Waals surface area contributed by atoms with Gasteiger partial charge in [0.2, 0.25) is 0 Å². The van der Waals surface area contributed by atoms with E-state index in [1.807, 2.05) is 13.8 Å². The van der Waals surface area contributed by atoms with Crippen LogP contribution >= 0.6 is 11.8 Å². The van der Waals surface area contributed by atoms with Gasteiger partial charge in [0.15, 0.2) is 11.5 Å². The van der Waals surface area contributed by atoms with Crippen LogP contribution in [0.15, 0.2) is 69.9 Å². The third kappa shape index (κ3) is 10.0. The van der Waals surface area contributed by atoms with Crippen LogP contribution < -0.4 is 5.32 Å². The average Bonchev–Trinajstić information content (AvgIpc) is 2.79. The standard InChI is InChI=1S/C27H39F3N4S/c1-9-14-20(15-10-2)26(7,8)18-32-22(11-3)33-25(19(5)6)34-23(12-4)35-21-16-13-17-31-24(21)27(28,29)30/h11-13,16-17,20H,3-4,9-10,14-15,18H2,1-2,5-8H3,(H,32,33)/b34-23+. The Morgan fingerprint density at radius 2 is 1.74 bits per heavy atom. The molecule has 0 radical (unpaired) electrons. The third-order valence-corrected chi connectivity index (χ3v) is 6.63. The Hall–Kier alpha value is -2.35. The van der Waals surface area contributed by atoms with Crippen LogP contribution in [0.4, 0.5) is 13.2 Å². The molecule has 0 saturated carbocycles. The summed E-state index contributed by atoms with van der Waals surface area (Å²) in [4.78, 5) is 12.6. The van der Waals surface area contributed by atoms with Crippen LogP contribution in [-0.4, -0.2) is 22.4 Å². The summed E-state index contributed by atoms with van der Waals surface area (Å²) in [6, 6.07) is 2.83. The van der Waals surface area contributed by atoms with Crippen LogP contribution in [0.2, 0.25) is 0 Å². The highest BCUT2D eigenvalue weighted by molar-refractivity contribution is 8.14. The fraction of sp³-hybridized carbons (Fsp3) is 0.519. The molecule has 4 nitrogen and oxygen atoms in total. The first kappa shape index (κ1) is 30.7. The van der Waals surface area contributed by atoms with E-state index in [1.165, 1.54) is 31.1 Å². The Labute approximate surface area is 213 Å². The summed E-state index contributed by atoms with van der Waals surface area (Å²) in [5, 5.41) is 3.69. The van der Waals surface area contributed by atoms with Gasteiger partial charge in [0.05, 0.1) is 0 Å². The van der Waals surface area contributed by atoms with E-state index in [0.717, 1.165) is 42.9 Å². The summed E-state index contributed by atoms with van der Waals surface area (Å²) in [5.74, 6) is 1.54. The normalized spacial score (nSPS) is 13.1. The predicted octanol–water partition coefficient (Wildman–Crippen LogP) is 8.45. The fourth-order valence-corrected chi connectivity index (χ4v) is 4.47. The van der Waals surface area contributed by atoms with E-state index in [9.17, 15) is 13.2 Å². The van der Waals surface area contributed by atoms with Gasteiger partial charge in [0, 0.05) is 17.6 Å². The largest absolute Gasteiger partial charge is 0.434 e. The van der Waals surface area contributed by atoms with E-state index in [0.29, 0.717) is 17.6 Å². The third-order valence-electron chi connectivity index (χ3n) is 5.62. The number of rotatable bonds is 12. The maximum atomic E-state index is 13.4. The molecular formula is C27H39F3N4S. The lowest BCUT2D eigenvalue weighted by atomic mass is 9.74. The monoisotopic (exact) mass is 508 g/mol. The molecular weight excluding hydrogens is 469 g/mol. The molecule has 0 aliphatic rings. The number of allylic oxidation sites excluding steroid dienone is 1. The SMILES string of the molecule is C=C/C(=N\C(/N=C(\C=C)Sc1cccnc1C(F)(F)F)=C(C)C)NCC(C)(C)C(CCC)CCC. The lowest BCUT2D eigenvalue weighted by Gasteiger charge is -2.35. The molecule has 1 heterocycles. The van der Waals surface area contributed by atoms with Crippen molar-refractivity contribution < 1.29 is 13.2 Å². The maximum absolute atomic E-state index is 13.4. The molecule has 0 saturated heterocycles. The first-order valence-electron chi connectivity index (χ1n) is 11.9.